The summed E-state index contributed by atoms with van der Waals surface area (Å²) in [4.78, 5) is 31.3. The first kappa shape index (κ1) is 16.1. The van der Waals surface area contributed by atoms with E-state index in [2.05, 4.69) is 4.98 Å². The Bertz CT molecular complexity index is 1060. The quantitative estimate of drug-likeness (QED) is 0.692. The van der Waals surface area contributed by atoms with Crippen molar-refractivity contribution in [1.82, 2.24) is 14.5 Å². The highest BCUT2D eigenvalue weighted by molar-refractivity contribution is 6.35. The number of hydrogen-bond donors (Lipinski definition) is 0. The molecule has 1 aliphatic heterocycles. The maximum atomic E-state index is 12.6. The van der Waals surface area contributed by atoms with Gasteiger partial charge in [0.2, 0.25) is 5.91 Å². The van der Waals surface area contributed by atoms with Gasteiger partial charge in [0, 0.05) is 16.6 Å². The lowest BCUT2D eigenvalue weighted by Gasteiger charge is -2.29. The predicted octanol–water partition coefficient (Wildman–Crippen LogP) is 3.25. The molecule has 0 bridgehead atoms. The van der Waals surface area contributed by atoms with Gasteiger partial charge in [-0.3, -0.25) is 14.2 Å². The molecule has 2 heterocycles. The van der Waals surface area contributed by atoms with Crippen molar-refractivity contribution in [2.75, 3.05) is 0 Å². The Morgan fingerprint density at radius 2 is 1.84 bits per heavy atom. The van der Waals surface area contributed by atoms with Crippen LogP contribution >= 0.6 is 23.2 Å². The first-order valence-electron chi connectivity index (χ1n) is 7.73. The highest BCUT2D eigenvalue weighted by Gasteiger charge is 2.26. The van der Waals surface area contributed by atoms with Crippen LogP contribution in [0.2, 0.25) is 10.0 Å². The van der Waals surface area contributed by atoms with Crippen LogP contribution in [0.1, 0.15) is 11.4 Å². The topological polar surface area (TPSA) is 55.2 Å². The third-order valence-corrected chi connectivity index (χ3v) is 4.88. The van der Waals surface area contributed by atoms with E-state index >= 15 is 0 Å². The van der Waals surface area contributed by atoms with Crippen molar-refractivity contribution in [1.29, 1.82) is 0 Å². The van der Waals surface area contributed by atoms with Crippen molar-refractivity contribution in [3.8, 4) is 0 Å². The molecule has 126 valence electrons. The summed E-state index contributed by atoms with van der Waals surface area (Å²) < 4.78 is 1.45. The number of carbonyl (C=O) groups is 1. The number of carbonyl (C=O) groups excluding carboxylic acids is 1. The van der Waals surface area contributed by atoms with Gasteiger partial charge >= 0.3 is 0 Å². The Kier molecular flexibility index (Phi) is 3.98. The highest BCUT2D eigenvalue weighted by atomic mass is 35.5. The molecule has 0 atom stereocenters. The lowest BCUT2D eigenvalue weighted by atomic mass is 10.2. The Balaban J connectivity index is 1.71. The molecule has 1 aliphatic rings. The van der Waals surface area contributed by atoms with Crippen LogP contribution in [0.3, 0.4) is 0 Å². The van der Waals surface area contributed by atoms with E-state index in [1.807, 2.05) is 6.07 Å². The predicted molar refractivity (Wildman–Crippen MR) is 96.7 cm³/mol. The van der Waals surface area contributed by atoms with E-state index < -0.39 is 0 Å². The van der Waals surface area contributed by atoms with Crippen LogP contribution in [0.4, 0.5) is 0 Å². The van der Waals surface area contributed by atoms with Crippen molar-refractivity contribution >= 4 is 40.0 Å². The molecule has 5 nitrogen and oxygen atoms in total. The Morgan fingerprint density at radius 1 is 1.04 bits per heavy atom. The van der Waals surface area contributed by atoms with Crippen molar-refractivity contribution in [3.05, 3.63) is 74.3 Å². The number of halogens is 2. The van der Waals surface area contributed by atoms with Crippen molar-refractivity contribution < 1.29 is 4.79 Å². The first-order chi connectivity index (χ1) is 12.0. The van der Waals surface area contributed by atoms with Crippen LogP contribution in [0.25, 0.3) is 10.9 Å². The molecule has 0 unspecified atom stereocenters. The van der Waals surface area contributed by atoms with Gasteiger partial charge in [0.25, 0.3) is 5.56 Å². The lowest BCUT2D eigenvalue weighted by molar-refractivity contribution is -0.135. The van der Waals surface area contributed by atoms with Gasteiger partial charge in [-0.25, -0.2) is 4.98 Å². The summed E-state index contributed by atoms with van der Waals surface area (Å²) in [6, 6.07) is 12.3. The molecule has 0 radical (unpaired) electrons. The lowest BCUT2D eigenvalue weighted by Crippen LogP contribution is -2.43. The number of hydrogen-bond acceptors (Lipinski definition) is 3. The van der Waals surface area contributed by atoms with Gasteiger partial charge in [0.05, 0.1) is 17.4 Å². The molecule has 1 amide bonds. The summed E-state index contributed by atoms with van der Waals surface area (Å²) in [5, 5.41) is 1.58. The SMILES string of the molecule is O=C1Cn2c(nc3ccccc3c2=O)CN1Cc1ccc(Cl)cc1Cl. The number of nitrogens with zero attached hydrogens (tertiary/aromatic N) is 3. The molecule has 0 spiro atoms. The van der Waals surface area contributed by atoms with E-state index in [4.69, 9.17) is 23.2 Å². The second-order valence-corrected chi connectivity index (χ2v) is 6.77. The molecule has 0 saturated carbocycles. The number of para-hydroxylation sites is 1. The second-order valence-electron chi connectivity index (χ2n) is 5.92. The molecule has 4 rings (SSSR count). The van der Waals surface area contributed by atoms with Crippen molar-refractivity contribution in [2.24, 2.45) is 0 Å². The normalized spacial score (nSPS) is 14.0. The number of fused-ring (bicyclic) bond motifs is 2. The minimum Gasteiger partial charge on any atom is -0.329 e. The van der Waals surface area contributed by atoms with Gasteiger partial charge in [-0.05, 0) is 29.8 Å². The second kappa shape index (κ2) is 6.17. The summed E-state index contributed by atoms with van der Waals surface area (Å²) in [7, 11) is 0. The van der Waals surface area contributed by atoms with Gasteiger partial charge in [-0.15, -0.1) is 0 Å². The van der Waals surface area contributed by atoms with Crippen LogP contribution < -0.4 is 5.56 Å². The molecule has 2 aromatic carbocycles. The van der Waals surface area contributed by atoms with E-state index in [1.54, 1.807) is 41.3 Å². The van der Waals surface area contributed by atoms with Gasteiger partial charge in [0.1, 0.15) is 12.4 Å². The maximum Gasteiger partial charge on any atom is 0.261 e. The van der Waals surface area contributed by atoms with E-state index in [0.717, 1.165) is 5.56 Å². The van der Waals surface area contributed by atoms with E-state index in [9.17, 15) is 9.59 Å². The third-order valence-electron chi connectivity index (χ3n) is 4.30. The zero-order valence-electron chi connectivity index (χ0n) is 13.1. The van der Waals surface area contributed by atoms with Gasteiger partial charge in [-0.1, -0.05) is 41.4 Å². The molecule has 1 aromatic heterocycles. The average Bonchev–Trinajstić information content (AvgIpc) is 2.59. The fourth-order valence-electron chi connectivity index (χ4n) is 2.99. The van der Waals surface area contributed by atoms with Crippen molar-refractivity contribution in [2.45, 2.75) is 19.6 Å². The fourth-order valence-corrected chi connectivity index (χ4v) is 3.46. The minimum absolute atomic E-state index is 0.0167. The first-order valence-corrected chi connectivity index (χ1v) is 8.48. The van der Waals surface area contributed by atoms with E-state index in [-0.39, 0.29) is 24.6 Å². The zero-order valence-corrected chi connectivity index (χ0v) is 14.6. The van der Waals surface area contributed by atoms with Gasteiger partial charge in [0.15, 0.2) is 0 Å². The highest BCUT2D eigenvalue weighted by Crippen LogP contribution is 2.24. The molecule has 7 heteroatoms. The van der Waals surface area contributed by atoms with Crippen molar-refractivity contribution in [3.63, 3.8) is 0 Å². The standard InChI is InChI=1S/C18H13Cl2N3O2/c19-12-6-5-11(14(20)7-12)8-22-9-16-21-15-4-2-1-3-13(15)18(25)23(16)10-17(22)24/h1-7H,8-10H2. The molecule has 0 aliphatic carbocycles. The largest absolute Gasteiger partial charge is 0.329 e. The number of amides is 1. The van der Waals surface area contributed by atoms with Crippen LogP contribution in [-0.2, 0) is 24.4 Å². The fraction of sp³-hybridized carbons (Fsp3) is 0.167. The van der Waals surface area contributed by atoms with Crippen LogP contribution in [-0.4, -0.2) is 20.4 Å². The maximum absolute atomic E-state index is 12.6. The number of benzene rings is 2. The number of rotatable bonds is 2. The van der Waals surface area contributed by atoms with E-state index in [0.29, 0.717) is 33.3 Å². The monoisotopic (exact) mass is 373 g/mol. The Labute approximate surface area is 153 Å². The molecule has 0 N–H and O–H groups in total. The molecule has 0 saturated heterocycles. The van der Waals surface area contributed by atoms with Crippen LogP contribution in [0.5, 0.6) is 0 Å². The zero-order chi connectivity index (χ0) is 17.6. The molecule has 25 heavy (non-hydrogen) atoms. The Hall–Kier alpha value is -2.37. The average molecular weight is 374 g/mol. The smallest absolute Gasteiger partial charge is 0.261 e. The van der Waals surface area contributed by atoms with E-state index in [1.165, 1.54) is 4.57 Å². The molecule has 0 fully saturated rings. The summed E-state index contributed by atoms with van der Waals surface area (Å²) in [5.74, 6) is 0.436. The molecule has 3 aromatic rings. The third kappa shape index (κ3) is 2.90. The summed E-state index contributed by atoms with van der Waals surface area (Å²) in [6.45, 7) is 0.590. The Morgan fingerprint density at radius 3 is 2.64 bits per heavy atom. The molecular weight excluding hydrogens is 361 g/mol. The van der Waals surface area contributed by atoms with Gasteiger partial charge in [-0.2, -0.15) is 0 Å². The number of aromatic nitrogens is 2. The summed E-state index contributed by atoms with van der Waals surface area (Å²) in [6.07, 6.45) is 0. The van der Waals surface area contributed by atoms with Crippen LogP contribution in [0.15, 0.2) is 47.3 Å². The molecular formula is C18H13Cl2N3O2. The minimum atomic E-state index is -0.182. The summed E-state index contributed by atoms with van der Waals surface area (Å²) in [5.41, 5.74) is 1.26. The van der Waals surface area contributed by atoms with Gasteiger partial charge < -0.3 is 4.90 Å². The van der Waals surface area contributed by atoms with Crippen LogP contribution in [0, 0.1) is 0 Å². The summed E-state index contributed by atoms with van der Waals surface area (Å²) >= 11 is 12.1.